The summed E-state index contributed by atoms with van der Waals surface area (Å²) in [5, 5.41) is 7.30. The molecule has 0 bridgehead atoms. The van der Waals surface area contributed by atoms with Crippen molar-refractivity contribution in [3.63, 3.8) is 0 Å². The second-order valence-electron chi connectivity index (χ2n) is 5.61. The Balaban J connectivity index is 1.68. The summed E-state index contributed by atoms with van der Waals surface area (Å²) in [5.74, 6) is 0.953. The van der Waals surface area contributed by atoms with Crippen molar-refractivity contribution in [1.29, 1.82) is 0 Å². The monoisotopic (exact) mass is 307 g/mol. The molecule has 118 valence electrons. The molecule has 0 aliphatic heterocycles. The zero-order valence-corrected chi connectivity index (χ0v) is 13.2. The summed E-state index contributed by atoms with van der Waals surface area (Å²) in [6, 6.07) is 20.3. The minimum atomic E-state index is 0.100. The molecule has 4 heteroatoms. The van der Waals surface area contributed by atoms with Crippen molar-refractivity contribution in [3.8, 4) is 5.75 Å². The lowest BCUT2D eigenvalue weighted by atomic mass is 9.95. The predicted octanol–water partition coefficient (Wildman–Crippen LogP) is 3.39. The summed E-state index contributed by atoms with van der Waals surface area (Å²) in [4.78, 5) is 0. The van der Waals surface area contributed by atoms with E-state index < -0.39 is 0 Å². The summed E-state index contributed by atoms with van der Waals surface area (Å²) in [5.41, 5.74) is 10.3. The highest BCUT2D eigenvalue weighted by Crippen LogP contribution is 2.25. The number of hydrogen-bond acceptors (Lipinski definition) is 3. The van der Waals surface area contributed by atoms with E-state index in [9.17, 15) is 0 Å². The number of aromatic amines is 1. The maximum absolute atomic E-state index is 5.93. The van der Waals surface area contributed by atoms with E-state index in [-0.39, 0.29) is 5.92 Å². The second kappa shape index (κ2) is 7.11. The maximum Gasteiger partial charge on any atom is 0.119 e. The number of nitrogens with zero attached hydrogens (tertiary/aromatic N) is 1. The highest BCUT2D eigenvalue weighted by molar-refractivity contribution is 5.34. The van der Waals surface area contributed by atoms with E-state index in [1.807, 2.05) is 43.3 Å². The first-order chi connectivity index (χ1) is 11.3. The molecule has 0 fully saturated rings. The number of hydrogen-bond donors (Lipinski definition) is 2. The molecule has 0 radical (unpaired) electrons. The molecule has 0 amide bonds. The van der Waals surface area contributed by atoms with Gasteiger partial charge in [-0.15, -0.1) is 0 Å². The van der Waals surface area contributed by atoms with Crippen molar-refractivity contribution in [2.75, 3.05) is 6.54 Å². The summed E-state index contributed by atoms with van der Waals surface area (Å²) in [6.45, 7) is 3.08. The molecule has 3 aromatic rings. The average Bonchev–Trinajstić information content (AvgIpc) is 3.02. The minimum absolute atomic E-state index is 0.100. The van der Waals surface area contributed by atoms with Gasteiger partial charge in [0.15, 0.2) is 0 Å². The van der Waals surface area contributed by atoms with Crippen molar-refractivity contribution < 1.29 is 4.74 Å². The molecule has 0 spiro atoms. The molecule has 0 aliphatic carbocycles. The Morgan fingerprint density at radius 2 is 1.83 bits per heavy atom. The van der Waals surface area contributed by atoms with Crippen LogP contribution in [0.25, 0.3) is 0 Å². The zero-order valence-electron chi connectivity index (χ0n) is 13.2. The van der Waals surface area contributed by atoms with Gasteiger partial charge < -0.3 is 10.5 Å². The molecular formula is C19H21N3O. The first kappa shape index (κ1) is 15.3. The summed E-state index contributed by atoms with van der Waals surface area (Å²) in [7, 11) is 0. The van der Waals surface area contributed by atoms with Crippen LogP contribution < -0.4 is 10.5 Å². The van der Waals surface area contributed by atoms with Crippen molar-refractivity contribution in [3.05, 3.63) is 83.2 Å². The Morgan fingerprint density at radius 1 is 1.09 bits per heavy atom. The molecule has 0 saturated carbocycles. The average molecular weight is 307 g/mol. The van der Waals surface area contributed by atoms with Crippen molar-refractivity contribution in [1.82, 2.24) is 10.2 Å². The van der Waals surface area contributed by atoms with Gasteiger partial charge in [0.05, 0.1) is 5.69 Å². The van der Waals surface area contributed by atoms with Crippen LogP contribution >= 0.6 is 0 Å². The molecule has 1 aromatic heterocycles. The normalized spacial score (nSPS) is 12.1. The topological polar surface area (TPSA) is 63.9 Å². The van der Waals surface area contributed by atoms with E-state index in [1.165, 1.54) is 0 Å². The molecule has 2 aromatic carbocycles. The fraction of sp³-hybridized carbons (Fsp3) is 0.211. The van der Waals surface area contributed by atoms with Gasteiger partial charge in [0, 0.05) is 18.2 Å². The third kappa shape index (κ3) is 3.79. The SMILES string of the molecule is Cc1cc(C(CN)c2ccc(OCc3ccccc3)cc2)n[nH]1. The zero-order chi connectivity index (χ0) is 16.1. The number of aryl methyl sites for hydroxylation is 1. The maximum atomic E-state index is 5.93. The number of nitrogens with two attached hydrogens (primary N) is 1. The Kier molecular flexibility index (Phi) is 4.74. The second-order valence-corrected chi connectivity index (χ2v) is 5.61. The van der Waals surface area contributed by atoms with Gasteiger partial charge in [-0.2, -0.15) is 5.10 Å². The Labute approximate surface area is 136 Å². The van der Waals surface area contributed by atoms with Gasteiger partial charge in [-0.1, -0.05) is 42.5 Å². The first-order valence-corrected chi connectivity index (χ1v) is 7.75. The Morgan fingerprint density at radius 3 is 2.43 bits per heavy atom. The fourth-order valence-electron chi connectivity index (χ4n) is 2.58. The van der Waals surface area contributed by atoms with E-state index in [2.05, 4.69) is 34.5 Å². The molecule has 3 rings (SSSR count). The fourth-order valence-corrected chi connectivity index (χ4v) is 2.58. The van der Waals surface area contributed by atoms with Crippen LogP contribution in [0, 0.1) is 6.92 Å². The molecule has 0 saturated heterocycles. The van der Waals surface area contributed by atoms with Crippen LogP contribution in [0.2, 0.25) is 0 Å². The lowest BCUT2D eigenvalue weighted by Gasteiger charge is -2.13. The van der Waals surface area contributed by atoms with Crippen LogP contribution in [0.4, 0.5) is 0 Å². The van der Waals surface area contributed by atoms with Crippen LogP contribution in [0.15, 0.2) is 60.7 Å². The van der Waals surface area contributed by atoms with Gasteiger partial charge in [0.2, 0.25) is 0 Å². The standard InChI is InChI=1S/C19H21N3O/c1-14-11-19(22-21-14)18(12-20)16-7-9-17(10-8-16)23-13-15-5-3-2-4-6-15/h2-11,18H,12-13,20H2,1H3,(H,21,22). The molecular weight excluding hydrogens is 286 g/mol. The van der Waals surface area contributed by atoms with E-state index in [0.717, 1.165) is 28.3 Å². The highest BCUT2D eigenvalue weighted by atomic mass is 16.5. The number of H-pyrrole nitrogens is 1. The summed E-state index contributed by atoms with van der Waals surface area (Å²) in [6.07, 6.45) is 0. The Bertz CT molecular complexity index is 735. The predicted molar refractivity (Wildman–Crippen MR) is 91.4 cm³/mol. The van der Waals surface area contributed by atoms with Gasteiger partial charge in [-0.3, -0.25) is 5.10 Å². The minimum Gasteiger partial charge on any atom is -0.489 e. The van der Waals surface area contributed by atoms with E-state index >= 15 is 0 Å². The number of aromatic nitrogens is 2. The molecule has 3 N–H and O–H groups in total. The lowest BCUT2D eigenvalue weighted by molar-refractivity contribution is 0.306. The highest BCUT2D eigenvalue weighted by Gasteiger charge is 2.15. The lowest BCUT2D eigenvalue weighted by Crippen LogP contribution is -2.14. The van der Waals surface area contributed by atoms with Gasteiger partial charge in [0.1, 0.15) is 12.4 Å². The van der Waals surface area contributed by atoms with Crippen LogP contribution in [-0.2, 0) is 6.61 Å². The van der Waals surface area contributed by atoms with Gasteiger partial charge in [0.25, 0.3) is 0 Å². The van der Waals surface area contributed by atoms with Crippen LogP contribution in [0.3, 0.4) is 0 Å². The van der Waals surface area contributed by atoms with Crippen LogP contribution in [0.1, 0.15) is 28.4 Å². The van der Waals surface area contributed by atoms with E-state index in [4.69, 9.17) is 10.5 Å². The quantitative estimate of drug-likeness (QED) is 0.733. The number of ether oxygens (including phenoxy) is 1. The van der Waals surface area contributed by atoms with Crippen molar-refractivity contribution >= 4 is 0 Å². The molecule has 23 heavy (non-hydrogen) atoms. The van der Waals surface area contributed by atoms with Gasteiger partial charge in [-0.25, -0.2) is 0 Å². The third-order valence-electron chi connectivity index (χ3n) is 3.85. The number of nitrogens with one attached hydrogen (secondary N) is 1. The Hall–Kier alpha value is -2.59. The molecule has 4 nitrogen and oxygen atoms in total. The van der Waals surface area contributed by atoms with Gasteiger partial charge >= 0.3 is 0 Å². The first-order valence-electron chi connectivity index (χ1n) is 7.75. The largest absolute Gasteiger partial charge is 0.489 e. The van der Waals surface area contributed by atoms with Crippen molar-refractivity contribution in [2.45, 2.75) is 19.4 Å². The number of rotatable bonds is 6. The molecule has 1 unspecified atom stereocenters. The van der Waals surface area contributed by atoms with Crippen LogP contribution in [-0.4, -0.2) is 16.7 Å². The molecule has 1 heterocycles. The van der Waals surface area contributed by atoms with Crippen LogP contribution in [0.5, 0.6) is 5.75 Å². The molecule has 0 aliphatic rings. The van der Waals surface area contributed by atoms with Gasteiger partial charge in [-0.05, 0) is 36.2 Å². The summed E-state index contributed by atoms with van der Waals surface area (Å²) < 4.78 is 5.82. The summed E-state index contributed by atoms with van der Waals surface area (Å²) >= 11 is 0. The molecule has 1 atom stereocenters. The van der Waals surface area contributed by atoms with E-state index in [1.54, 1.807) is 0 Å². The third-order valence-corrected chi connectivity index (χ3v) is 3.85. The van der Waals surface area contributed by atoms with E-state index in [0.29, 0.717) is 13.2 Å². The number of benzene rings is 2. The smallest absolute Gasteiger partial charge is 0.119 e. The van der Waals surface area contributed by atoms with Crippen molar-refractivity contribution in [2.24, 2.45) is 5.73 Å².